The summed E-state index contributed by atoms with van der Waals surface area (Å²) < 4.78 is 10.5. The number of benzene rings is 1. The van der Waals surface area contributed by atoms with Crippen LogP contribution in [-0.4, -0.2) is 19.8 Å². The Morgan fingerprint density at radius 2 is 2.00 bits per heavy atom. The first-order valence-electron chi connectivity index (χ1n) is 4.96. The molecule has 0 aliphatic rings. The molecule has 0 unspecified atom stereocenters. The van der Waals surface area contributed by atoms with E-state index in [1.54, 1.807) is 12.1 Å². The fourth-order valence-corrected chi connectivity index (χ4v) is 1.17. The van der Waals surface area contributed by atoms with Gasteiger partial charge in [-0.3, -0.25) is 0 Å². The Balaban J connectivity index is 2.67. The van der Waals surface area contributed by atoms with Gasteiger partial charge < -0.3 is 9.47 Å². The third-order valence-electron chi connectivity index (χ3n) is 1.92. The van der Waals surface area contributed by atoms with E-state index >= 15 is 0 Å². The molecule has 0 bridgehead atoms. The molecule has 0 amide bonds. The molecule has 1 aromatic carbocycles. The van der Waals surface area contributed by atoms with Crippen molar-refractivity contribution >= 4 is 0 Å². The third kappa shape index (κ3) is 3.27. The summed E-state index contributed by atoms with van der Waals surface area (Å²) in [5.74, 6) is 0.487. The summed E-state index contributed by atoms with van der Waals surface area (Å²) in [5.41, 5.74) is 0.823. The molecule has 0 saturated carbocycles. The smallest absolute Gasteiger partial charge is 0.137 e. The first-order valence-corrected chi connectivity index (χ1v) is 4.96. The molecule has 1 aromatic rings. The molecule has 4 heteroatoms. The Morgan fingerprint density at radius 3 is 2.62 bits per heavy atom. The predicted octanol–water partition coefficient (Wildman–Crippen LogP) is 1.85. The maximum Gasteiger partial charge on any atom is 0.137 e. The molecule has 82 valence electrons. The Morgan fingerprint density at radius 1 is 1.19 bits per heavy atom. The van der Waals surface area contributed by atoms with E-state index in [1.807, 2.05) is 19.1 Å². The van der Waals surface area contributed by atoms with Crippen LogP contribution in [0.3, 0.4) is 0 Å². The minimum absolute atomic E-state index is 0.371. The highest BCUT2D eigenvalue weighted by Crippen LogP contribution is 2.18. The second kappa shape index (κ2) is 6.44. The molecule has 0 saturated heterocycles. The number of hydrogen-bond acceptors (Lipinski definition) is 4. The van der Waals surface area contributed by atoms with Crippen molar-refractivity contribution in [2.45, 2.75) is 6.92 Å². The number of ether oxygens (including phenoxy) is 2. The van der Waals surface area contributed by atoms with Crippen molar-refractivity contribution in [2.75, 3.05) is 19.8 Å². The quantitative estimate of drug-likeness (QED) is 0.704. The van der Waals surface area contributed by atoms with Gasteiger partial charge in [0.05, 0.1) is 23.8 Å². The highest BCUT2D eigenvalue weighted by Gasteiger charge is 2.04. The zero-order chi connectivity index (χ0) is 11.8. The minimum atomic E-state index is 0.371. The van der Waals surface area contributed by atoms with Crippen molar-refractivity contribution in [1.29, 1.82) is 10.5 Å². The average molecular weight is 216 g/mol. The molecular weight excluding hydrogens is 204 g/mol. The van der Waals surface area contributed by atoms with Gasteiger partial charge in [0.2, 0.25) is 0 Å². The van der Waals surface area contributed by atoms with Crippen LogP contribution >= 0.6 is 0 Å². The monoisotopic (exact) mass is 216 g/mol. The Bertz CT molecular complexity index is 430. The summed E-state index contributed by atoms with van der Waals surface area (Å²) in [6, 6.07) is 8.73. The molecule has 16 heavy (non-hydrogen) atoms. The van der Waals surface area contributed by atoms with Crippen molar-refractivity contribution < 1.29 is 9.47 Å². The van der Waals surface area contributed by atoms with Crippen LogP contribution in [0.25, 0.3) is 0 Å². The molecular formula is C12H12N2O2. The molecule has 0 aliphatic carbocycles. The molecule has 0 aromatic heterocycles. The van der Waals surface area contributed by atoms with Crippen LogP contribution in [0.1, 0.15) is 18.1 Å². The van der Waals surface area contributed by atoms with Crippen LogP contribution in [0, 0.1) is 22.7 Å². The topological polar surface area (TPSA) is 66.0 Å². The van der Waals surface area contributed by atoms with Crippen molar-refractivity contribution in [2.24, 2.45) is 0 Å². The molecule has 0 spiro atoms. The summed E-state index contributed by atoms with van der Waals surface area (Å²) in [4.78, 5) is 0. The van der Waals surface area contributed by atoms with Crippen LogP contribution in [0.5, 0.6) is 5.75 Å². The van der Waals surface area contributed by atoms with Crippen LogP contribution in [0.2, 0.25) is 0 Å². The molecule has 0 fully saturated rings. The largest absolute Gasteiger partial charge is 0.490 e. The van der Waals surface area contributed by atoms with Gasteiger partial charge in [-0.1, -0.05) is 0 Å². The normalized spacial score (nSPS) is 9.19. The number of nitriles is 2. The first-order chi connectivity index (χ1) is 7.81. The summed E-state index contributed by atoms with van der Waals surface area (Å²) >= 11 is 0. The van der Waals surface area contributed by atoms with E-state index in [2.05, 4.69) is 0 Å². The molecule has 0 radical (unpaired) electrons. The van der Waals surface area contributed by atoms with Crippen LogP contribution in [0.15, 0.2) is 18.2 Å². The zero-order valence-corrected chi connectivity index (χ0v) is 9.06. The second-order valence-electron chi connectivity index (χ2n) is 2.98. The summed E-state index contributed by atoms with van der Waals surface area (Å²) in [5, 5.41) is 17.5. The molecule has 0 aliphatic heterocycles. The second-order valence-corrected chi connectivity index (χ2v) is 2.98. The fraction of sp³-hybridized carbons (Fsp3) is 0.333. The van der Waals surface area contributed by atoms with E-state index in [9.17, 15) is 0 Å². The lowest BCUT2D eigenvalue weighted by molar-refractivity contribution is 0.110. The Kier molecular flexibility index (Phi) is 4.85. The van der Waals surface area contributed by atoms with Gasteiger partial charge in [-0.05, 0) is 25.1 Å². The van der Waals surface area contributed by atoms with Gasteiger partial charge >= 0.3 is 0 Å². The van der Waals surface area contributed by atoms with E-state index in [1.165, 1.54) is 6.07 Å². The van der Waals surface area contributed by atoms with Gasteiger partial charge in [0.25, 0.3) is 0 Å². The first kappa shape index (κ1) is 12.0. The van der Waals surface area contributed by atoms with Crippen LogP contribution in [-0.2, 0) is 4.74 Å². The summed E-state index contributed by atoms with van der Waals surface area (Å²) in [7, 11) is 0. The van der Waals surface area contributed by atoms with E-state index in [0.29, 0.717) is 36.7 Å². The van der Waals surface area contributed by atoms with Crippen LogP contribution in [0.4, 0.5) is 0 Å². The van der Waals surface area contributed by atoms with E-state index in [0.717, 1.165) is 0 Å². The minimum Gasteiger partial charge on any atom is -0.490 e. The Hall–Kier alpha value is -2.04. The van der Waals surface area contributed by atoms with E-state index < -0.39 is 0 Å². The highest BCUT2D eigenvalue weighted by molar-refractivity contribution is 5.48. The van der Waals surface area contributed by atoms with Gasteiger partial charge in [0.1, 0.15) is 18.4 Å². The van der Waals surface area contributed by atoms with Crippen molar-refractivity contribution in [3.05, 3.63) is 29.3 Å². The summed E-state index contributed by atoms with van der Waals surface area (Å²) in [6.45, 7) is 3.43. The van der Waals surface area contributed by atoms with Gasteiger partial charge in [-0.25, -0.2) is 0 Å². The standard InChI is InChI=1S/C12H12N2O2/c1-2-15-5-6-16-12-4-3-10(8-13)7-11(12)9-14/h3-4,7H,2,5-6H2,1H3. The van der Waals surface area contributed by atoms with Crippen molar-refractivity contribution in [3.63, 3.8) is 0 Å². The van der Waals surface area contributed by atoms with E-state index in [4.69, 9.17) is 20.0 Å². The predicted molar refractivity (Wildman–Crippen MR) is 57.9 cm³/mol. The highest BCUT2D eigenvalue weighted by atomic mass is 16.5. The third-order valence-corrected chi connectivity index (χ3v) is 1.92. The molecule has 0 atom stereocenters. The summed E-state index contributed by atoms with van der Waals surface area (Å²) in [6.07, 6.45) is 0. The van der Waals surface area contributed by atoms with Gasteiger partial charge in [-0.15, -0.1) is 0 Å². The zero-order valence-electron chi connectivity index (χ0n) is 9.06. The lowest BCUT2D eigenvalue weighted by Crippen LogP contribution is -2.07. The van der Waals surface area contributed by atoms with Crippen molar-refractivity contribution in [3.8, 4) is 17.9 Å². The van der Waals surface area contributed by atoms with Gasteiger partial charge in [0, 0.05) is 6.61 Å². The maximum absolute atomic E-state index is 8.87. The van der Waals surface area contributed by atoms with E-state index in [-0.39, 0.29) is 0 Å². The number of hydrogen-bond donors (Lipinski definition) is 0. The van der Waals surface area contributed by atoms with Crippen molar-refractivity contribution in [1.82, 2.24) is 0 Å². The lowest BCUT2D eigenvalue weighted by Gasteiger charge is -2.07. The fourth-order valence-electron chi connectivity index (χ4n) is 1.17. The maximum atomic E-state index is 8.87. The lowest BCUT2D eigenvalue weighted by atomic mass is 10.1. The average Bonchev–Trinajstić information content (AvgIpc) is 2.34. The molecule has 0 N–H and O–H groups in total. The Labute approximate surface area is 94.6 Å². The number of rotatable bonds is 5. The molecule has 1 rings (SSSR count). The SMILES string of the molecule is CCOCCOc1ccc(C#N)cc1C#N. The molecule has 4 nitrogen and oxygen atoms in total. The number of nitrogens with zero attached hydrogens (tertiary/aromatic N) is 2. The van der Waals surface area contributed by atoms with Gasteiger partial charge in [-0.2, -0.15) is 10.5 Å². The van der Waals surface area contributed by atoms with Gasteiger partial charge in [0.15, 0.2) is 0 Å². The van der Waals surface area contributed by atoms with Crippen LogP contribution < -0.4 is 4.74 Å². The molecule has 0 heterocycles.